The third kappa shape index (κ3) is 5.06. The van der Waals surface area contributed by atoms with Gasteiger partial charge in [-0.15, -0.1) is 0 Å². The molecule has 0 heterocycles. The smallest absolute Gasteiger partial charge is 0.337 e. The van der Waals surface area contributed by atoms with Crippen molar-refractivity contribution < 1.29 is 22.7 Å². The zero-order chi connectivity index (χ0) is 19.3. The van der Waals surface area contributed by atoms with Crippen molar-refractivity contribution in [3.8, 4) is 5.75 Å². The summed E-state index contributed by atoms with van der Waals surface area (Å²) in [5.41, 5.74) is 1.50. The minimum Gasteiger partial charge on any atom is -0.491 e. The molecule has 140 valence electrons. The van der Waals surface area contributed by atoms with Gasteiger partial charge in [0.2, 0.25) is 10.0 Å². The molecule has 0 amide bonds. The quantitative estimate of drug-likeness (QED) is 0.750. The van der Waals surface area contributed by atoms with Gasteiger partial charge in [0.25, 0.3) is 0 Å². The summed E-state index contributed by atoms with van der Waals surface area (Å²) in [5.74, 6) is 0.0977. The van der Waals surface area contributed by atoms with Gasteiger partial charge in [-0.3, -0.25) is 0 Å². The van der Waals surface area contributed by atoms with E-state index in [0.29, 0.717) is 11.3 Å². The van der Waals surface area contributed by atoms with E-state index in [9.17, 15) is 13.2 Å². The second-order valence-electron chi connectivity index (χ2n) is 6.11. The molecule has 0 saturated carbocycles. The average Bonchev–Trinajstić information content (AvgIpc) is 2.59. The van der Waals surface area contributed by atoms with Crippen molar-refractivity contribution in [1.82, 2.24) is 4.72 Å². The Balaban J connectivity index is 2.20. The average molecular weight is 377 g/mol. The van der Waals surface area contributed by atoms with Crippen LogP contribution in [0, 0.1) is 6.92 Å². The standard InChI is InChI=1S/C19H23NO5S/c1-13(2)25-17-7-5-6-15(10-17)12-20-26(22,23)18-11-16(19(21)24-4)9-8-14(18)3/h5-11,13,20H,12H2,1-4H3. The molecule has 7 heteroatoms. The first kappa shape index (κ1) is 19.9. The van der Waals surface area contributed by atoms with Crippen LogP contribution < -0.4 is 9.46 Å². The Hall–Kier alpha value is -2.38. The van der Waals surface area contributed by atoms with Crippen molar-refractivity contribution in [1.29, 1.82) is 0 Å². The van der Waals surface area contributed by atoms with Crippen molar-refractivity contribution in [2.75, 3.05) is 7.11 Å². The van der Waals surface area contributed by atoms with E-state index in [2.05, 4.69) is 9.46 Å². The molecular formula is C19H23NO5S. The van der Waals surface area contributed by atoms with Crippen LogP contribution in [0.25, 0.3) is 0 Å². The molecule has 0 aliphatic rings. The molecule has 0 saturated heterocycles. The third-order valence-electron chi connectivity index (χ3n) is 3.64. The lowest BCUT2D eigenvalue weighted by Crippen LogP contribution is -2.24. The summed E-state index contributed by atoms with van der Waals surface area (Å²) in [4.78, 5) is 11.7. The normalized spacial score (nSPS) is 11.4. The van der Waals surface area contributed by atoms with Crippen molar-refractivity contribution in [2.24, 2.45) is 0 Å². The van der Waals surface area contributed by atoms with Crippen LogP contribution >= 0.6 is 0 Å². The van der Waals surface area contributed by atoms with Gasteiger partial charge in [-0.25, -0.2) is 17.9 Å². The largest absolute Gasteiger partial charge is 0.491 e. The zero-order valence-electron chi connectivity index (χ0n) is 15.3. The van der Waals surface area contributed by atoms with E-state index in [4.69, 9.17) is 4.74 Å². The van der Waals surface area contributed by atoms with Crippen LogP contribution in [-0.2, 0) is 21.3 Å². The molecule has 2 aromatic rings. The van der Waals surface area contributed by atoms with E-state index in [1.165, 1.54) is 19.2 Å². The number of nitrogens with one attached hydrogen (secondary N) is 1. The fraction of sp³-hybridized carbons (Fsp3) is 0.316. The second-order valence-corrected chi connectivity index (χ2v) is 7.85. The van der Waals surface area contributed by atoms with Gasteiger partial charge in [-0.05, 0) is 56.2 Å². The molecule has 0 spiro atoms. The number of carbonyl (C=O) groups is 1. The molecule has 0 fully saturated rings. The van der Waals surface area contributed by atoms with Gasteiger partial charge in [-0.1, -0.05) is 18.2 Å². The highest BCUT2D eigenvalue weighted by molar-refractivity contribution is 7.89. The van der Waals surface area contributed by atoms with Crippen LogP contribution in [0.5, 0.6) is 5.75 Å². The third-order valence-corrected chi connectivity index (χ3v) is 5.18. The molecule has 0 bridgehead atoms. The van der Waals surface area contributed by atoms with Crippen LogP contribution in [-0.4, -0.2) is 27.6 Å². The lowest BCUT2D eigenvalue weighted by Gasteiger charge is -2.13. The topological polar surface area (TPSA) is 81.7 Å². The number of ether oxygens (including phenoxy) is 2. The molecule has 0 unspecified atom stereocenters. The first-order valence-electron chi connectivity index (χ1n) is 8.17. The molecule has 6 nitrogen and oxygen atoms in total. The lowest BCUT2D eigenvalue weighted by molar-refractivity contribution is 0.0600. The Morgan fingerprint density at radius 1 is 1.15 bits per heavy atom. The molecule has 1 N–H and O–H groups in total. The predicted molar refractivity (Wildman–Crippen MR) is 98.8 cm³/mol. The molecular weight excluding hydrogens is 354 g/mol. The summed E-state index contributed by atoms with van der Waals surface area (Å²) in [6.07, 6.45) is 0.0330. The van der Waals surface area contributed by atoms with Crippen molar-refractivity contribution in [3.63, 3.8) is 0 Å². The Labute approximate surface area is 154 Å². The summed E-state index contributed by atoms with van der Waals surface area (Å²) in [5, 5.41) is 0. The number of benzene rings is 2. The lowest BCUT2D eigenvalue weighted by atomic mass is 10.1. The number of carbonyl (C=O) groups excluding carboxylic acids is 1. The Morgan fingerprint density at radius 3 is 2.54 bits per heavy atom. The van der Waals surface area contributed by atoms with E-state index in [-0.39, 0.29) is 23.1 Å². The Kier molecular flexibility index (Phi) is 6.39. The van der Waals surface area contributed by atoms with E-state index in [0.717, 1.165) is 5.56 Å². The van der Waals surface area contributed by atoms with Crippen LogP contribution in [0.15, 0.2) is 47.4 Å². The van der Waals surface area contributed by atoms with Crippen LogP contribution in [0.2, 0.25) is 0 Å². The van der Waals surface area contributed by atoms with Gasteiger partial charge in [0.05, 0.1) is 23.7 Å². The minimum absolute atomic E-state index is 0.0330. The molecule has 0 aromatic heterocycles. The van der Waals surface area contributed by atoms with Gasteiger partial charge >= 0.3 is 5.97 Å². The summed E-state index contributed by atoms with van der Waals surface area (Å²) in [6.45, 7) is 5.63. The predicted octanol–water partition coefficient (Wildman–Crippen LogP) is 3.05. The first-order chi connectivity index (χ1) is 12.2. The van der Waals surface area contributed by atoms with E-state index < -0.39 is 16.0 Å². The highest BCUT2D eigenvalue weighted by atomic mass is 32.2. The number of esters is 1. The Morgan fingerprint density at radius 2 is 1.88 bits per heavy atom. The molecule has 0 aliphatic heterocycles. The van der Waals surface area contributed by atoms with Crippen molar-refractivity contribution >= 4 is 16.0 Å². The van der Waals surface area contributed by atoms with Gasteiger partial charge in [-0.2, -0.15) is 0 Å². The fourth-order valence-electron chi connectivity index (χ4n) is 2.39. The monoisotopic (exact) mass is 377 g/mol. The van der Waals surface area contributed by atoms with Crippen molar-refractivity contribution in [3.05, 3.63) is 59.2 Å². The zero-order valence-corrected chi connectivity index (χ0v) is 16.1. The minimum atomic E-state index is -3.79. The second kappa shape index (κ2) is 8.33. The molecule has 26 heavy (non-hydrogen) atoms. The number of hydrogen-bond donors (Lipinski definition) is 1. The summed E-state index contributed by atoms with van der Waals surface area (Å²) in [6, 6.07) is 11.7. The molecule has 2 rings (SSSR count). The van der Waals surface area contributed by atoms with Gasteiger partial charge in [0.15, 0.2) is 0 Å². The molecule has 0 radical (unpaired) electrons. The number of hydrogen-bond acceptors (Lipinski definition) is 5. The van der Waals surface area contributed by atoms with Crippen LogP contribution in [0.1, 0.15) is 35.3 Å². The molecule has 0 aliphatic carbocycles. The summed E-state index contributed by atoms with van der Waals surface area (Å²) < 4.78 is 38.1. The van der Waals surface area contributed by atoms with E-state index in [1.807, 2.05) is 32.0 Å². The Bertz CT molecular complexity index is 891. The molecule has 0 atom stereocenters. The number of rotatable bonds is 7. The maximum Gasteiger partial charge on any atom is 0.337 e. The van der Waals surface area contributed by atoms with Crippen molar-refractivity contribution in [2.45, 2.75) is 38.3 Å². The maximum absolute atomic E-state index is 12.7. The van der Waals surface area contributed by atoms with Gasteiger partial charge in [0, 0.05) is 6.54 Å². The first-order valence-corrected chi connectivity index (χ1v) is 9.65. The number of methoxy groups -OCH3 is 1. The number of sulfonamides is 1. The van der Waals surface area contributed by atoms with Gasteiger partial charge in [0.1, 0.15) is 5.75 Å². The fourth-order valence-corrected chi connectivity index (χ4v) is 3.68. The highest BCUT2D eigenvalue weighted by Crippen LogP contribution is 2.19. The molecule has 2 aromatic carbocycles. The van der Waals surface area contributed by atoms with Crippen LogP contribution in [0.3, 0.4) is 0 Å². The summed E-state index contributed by atoms with van der Waals surface area (Å²) in [7, 11) is -2.54. The van der Waals surface area contributed by atoms with E-state index in [1.54, 1.807) is 19.1 Å². The maximum atomic E-state index is 12.7. The number of aryl methyl sites for hydroxylation is 1. The SMILES string of the molecule is COC(=O)c1ccc(C)c(S(=O)(=O)NCc2cccc(OC(C)C)c2)c1. The summed E-state index contributed by atoms with van der Waals surface area (Å²) >= 11 is 0. The highest BCUT2D eigenvalue weighted by Gasteiger charge is 2.19. The van der Waals surface area contributed by atoms with E-state index >= 15 is 0 Å². The van der Waals surface area contributed by atoms with Crippen LogP contribution in [0.4, 0.5) is 0 Å². The van der Waals surface area contributed by atoms with Gasteiger partial charge < -0.3 is 9.47 Å².